The highest BCUT2D eigenvalue weighted by atomic mass is 19.4. The third kappa shape index (κ3) is 3.50. The number of hydrogen-bond acceptors (Lipinski definition) is 2. The summed E-state index contributed by atoms with van der Waals surface area (Å²) in [7, 11) is 0. The number of amides is 1. The van der Waals surface area contributed by atoms with Crippen LogP contribution in [0, 0.1) is 0 Å². The van der Waals surface area contributed by atoms with Gasteiger partial charge in [0.2, 0.25) is 5.91 Å². The van der Waals surface area contributed by atoms with Crippen LogP contribution in [0.15, 0.2) is 30.3 Å². The largest absolute Gasteiger partial charge is 0.415 e. The summed E-state index contributed by atoms with van der Waals surface area (Å²) in [4.78, 5) is 11.6. The number of hydrogen-bond donors (Lipinski definition) is 2. The van der Waals surface area contributed by atoms with Gasteiger partial charge in [0, 0.05) is 12.0 Å². The topological polar surface area (TPSA) is 55.1 Å². The Morgan fingerprint density at radius 2 is 1.65 bits per heavy atom. The molecule has 3 N–H and O–H groups in total. The van der Waals surface area contributed by atoms with E-state index in [0.29, 0.717) is 6.92 Å². The first-order chi connectivity index (χ1) is 8.98. The molecule has 0 saturated carbocycles. The van der Waals surface area contributed by atoms with Gasteiger partial charge in [0.05, 0.1) is 0 Å². The molecular formula is C14H19F3N2O. The number of carbonyl (C=O) groups excluding carboxylic acids is 1. The Labute approximate surface area is 116 Å². The number of nitrogens with one attached hydrogen (secondary N) is 1. The minimum Gasteiger partial charge on any atom is -0.353 e. The van der Waals surface area contributed by atoms with Gasteiger partial charge in [0.25, 0.3) is 0 Å². The summed E-state index contributed by atoms with van der Waals surface area (Å²) in [6.45, 7) is 4.41. The number of halogens is 3. The van der Waals surface area contributed by atoms with Crippen molar-refractivity contribution in [3.63, 3.8) is 0 Å². The third-order valence-electron chi connectivity index (χ3n) is 3.31. The zero-order valence-electron chi connectivity index (χ0n) is 11.7. The van der Waals surface area contributed by atoms with Gasteiger partial charge < -0.3 is 11.1 Å². The van der Waals surface area contributed by atoms with E-state index in [9.17, 15) is 18.0 Å². The molecule has 1 aromatic carbocycles. The molecule has 0 aliphatic heterocycles. The molecule has 112 valence electrons. The van der Waals surface area contributed by atoms with Crippen molar-refractivity contribution in [2.24, 2.45) is 5.73 Å². The highest BCUT2D eigenvalue weighted by molar-refractivity contribution is 5.86. The summed E-state index contributed by atoms with van der Waals surface area (Å²) in [6.07, 6.45) is -4.78. The van der Waals surface area contributed by atoms with Crippen LogP contribution in [0.3, 0.4) is 0 Å². The molecule has 6 heteroatoms. The molecule has 0 aliphatic carbocycles. The summed E-state index contributed by atoms with van der Waals surface area (Å²) in [5, 5.41) is 2.28. The van der Waals surface area contributed by atoms with E-state index in [-0.39, 0.29) is 6.54 Å². The van der Waals surface area contributed by atoms with Gasteiger partial charge in [-0.05, 0) is 12.5 Å². The Kier molecular flexibility index (Phi) is 4.49. The van der Waals surface area contributed by atoms with Gasteiger partial charge in [-0.15, -0.1) is 0 Å². The second kappa shape index (κ2) is 5.44. The molecule has 20 heavy (non-hydrogen) atoms. The average Bonchev–Trinajstić information content (AvgIpc) is 2.35. The van der Waals surface area contributed by atoms with Crippen molar-refractivity contribution in [2.75, 3.05) is 6.54 Å². The molecule has 0 bridgehead atoms. The third-order valence-corrected chi connectivity index (χ3v) is 3.31. The maximum absolute atomic E-state index is 12.6. The van der Waals surface area contributed by atoms with Crippen LogP contribution in [-0.2, 0) is 10.2 Å². The van der Waals surface area contributed by atoms with Gasteiger partial charge in [0.15, 0.2) is 5.54 Å². The number of alkyl halides is 3. The fourth-order valence-electron chi connectivity index (χ4n) is 1.60. The molecule has 1 amide bonds. The summed E-state index contributed by atoms with van der Waals surface area (Å²) in [5.74, 6) is -1.23. The van der Waals surface area contributed by atoms with Crippen molar-refractivity contribution in [1.82, 2.24) is 5.32 Å². The molecule has 0 aromatic heterocycles. The summed E-state index contributed by atoms with van der Waals surface area (Å²) in [6, 6.07) is 9.23. The predicted molar refractivity (Wildman–Crippen MR) is 71.1 cm³/mol. The van der Waals surface area contributed by atoms with Gasteiger partial charge in [-0.2, -0.15) is 13.2 Å². The average molecular weight is 288 g/mol. The lowest BCUT2D eigenvalue weighted by Crippen LogP contribution is -2.62. The normalized spacial score (nSPS) is 15.6. The van der Waals surface area contributed by atoms with Crippen molar-refractivity contribution in [2.45, 2.75) is 37.9 Å². The second-order valence-corrected chi connectivity index (χ2v) is 5.63. The van der Waals surface area contributed by atoms with Crippen LogP contribution in [0.1, 0.15) is 26.3 Å². The van der Waals surface area contributed by atoms with Crippen LogP contribution in [0.25, 0.3) is 0 Å². The SMILES string of the molecule is CC(C)(CNC(=O)C(C)(N)C(F)(F)F)c1ccccc1. The van der Waals surface area contributed by atoms with E-state index in [4.69, 9.17) is 5.73 Å². The highest BCUT2D eigenvalue weighted by Gasteiger charge is 2.54. The Morgan fingerprint density at radius 3 is 2.10 bits per heavy atom. The zero-order valence-corrected chi connectivity index (χ0v) is 11.7. The van der Waals surface area contributed by atoms with E-state index >= 15 is 0 Å². The first-order valence-corrected chi connectivity index (χ1v) is 6.18. The summed E-state index contributed by atoms with van der Waals surface area (Å²) < 4.78 is 37.9. The highest BCUT2D eigenvalue weighted by Crippen LogP contribution is 2.28. The quantitative estimate of drug-likeness (QED) is 0.893. The van der Waals surface area contributed by atoms with E-state index in [2.05, 4.69) is 5.32 Å². The monoisotopic (exact) mass is 288 g/mol. The number of nitrogens with two attached hydrogens (primary N) is 1. The smallest absolute Gasteiger partial charge is 0.353 e. The Morgan fingerprint density at radius 1 is 1.15 bits per heavy atom. The van der Waals surface area contributed by atoms with Crippen molar-refractivity contribution in [3.8, 4) is 0 Å². The van der Waals surface area contributed by atoms with Crippen molar-refractivity contribution >= 4 is 5.91 Å². The van der Waals surface area contributed by atoms with Crippen LogP contribution in [0.4, 0.5) is 13.2 Å². The molecule has 1 aromatic rings. The lowest BCUT2D eigenvalue weighted by Gasteiger charge is -2.30. The molecule has 3 nitrogen and oxygen atoms in total. The van der Waals surface area contributed by atoms with Crippen LogP contribution in [0.5, 0.6) is 0 Å². The first-order valence-electron chi connectivity index (χ1n) is 6.18. The standard InChI is InChI=1S/C14H19F3N2O/c1-12(2,10-7-5-4-6-8-10)9-19-11(20)13(3,18)14(15,16)17/h4-8H,9,18H2,1-3H3,(H,19,20). The minimum absolute atomic E-state index is 0.0682. The molecule has 0 saturated heterocycles. The van der Waals surface area contributed by atoms with Gasteiger partial charge in [-0.1, -0.05) is 44.2 Å². The molecular weight excluding hydrogens is 269 g/mol. The van der Waals surface area contributed by atoms with Crippen LogP contribution >= 0.6 is 0 Å². The lowest BCUT2D eigenvalue weighted by molar-refractivity contribution is -0.187. The molecule has 1 rings (SSSR count). The van der Waals surface area contributed by atoms with Crippen molar-refractivity contribution in [1.29, 1.82) is 0 Å². The Bertz CT molecular complexity index is 467. The molecule has 0 aliphatic rings. The fraction of sp³-hybridized carbons (Fsp3) is 0.500. The van der Waals surface area contributed by atoms with E-state index in [1.165, 1.54) is 0 Å². The van der Waals surface area contributed by atoms with E-state index in [1.54, 1.807) is 0 Å². The van der Waals surface area contributed by atoms with Crippen LogP contribution < -0.4 is 11.1 Å². The summed E-state index contributed by atoms with van der Waals surface area (Å²) in [5.41, 5.74) is 2.61. The Hall–Kier alpha value is -1.56. The molecule has 1 atom stereocenters. The minimum atomic E-state index is -4.78. The first kappa shape index (κ1) is 16.5. The number of rotatable bonds is 4. The van der Waals surface area contributed by atoms with Gasteiger partial charge in [-0.25, -0.2) is 0 Å². The van der Waals surface area contributed by atoms with Gasteiger partial charge >= 0.3 is 6.18 Å². The molecule has 0 radical (unpaired) electrons. The maximum atomic E-state index is 12.6. The van der Waals surface area contributed by atoms with Gasteiger partial charge in [-0.3, -0.25) is 4.79 Å². The molecule has 1 unspecified atom stereocenters. The Balaban J connectivity index is 2.75. The summed E-state index contributed by atoms with van der Waals surface area (Å²) >= 11 is 0. The number of carbonyl (C=O) groups is 1. The van der Waals surface area contributed by atoms with E-state index < -0.39 is 23.0 Å². The van der Waals surface area contributed by atoms with Crippen LogP contribution in [0.2, 0.25) is 0 Å². The van der Waals surface area contributed by atoms with Gasteiger partial charge in [0.1, 0.15) is 0 Å². The second-order valence-electron chi connectivity index (χ2n) is 5.63. The molecule has 0 heterocycles. The fourth-order valence-corrected chi connectivity index (χ4v) is 1.60. The number of benzene rings is 1. The van der Waals surface area contributed by atoms with E-state index in [1.807, 2.05) is 44.2 Å². The zero-order chi connectivity index (χ0) is 15.6. The van der Waals surface area contributed by atoms with Crippen LogP contribution in [-0.4, -0.2) is 24.2 Å². The van der Waals surface area contributed by atoms with Crippen molar-refractivity contribution in [3.05, 3.63) is 35.9 Å². The predicted octanol–water partition coefficient (Wildman–Crippen LogP) is 2.36. The van der Waals surface area contributed by atoms with E-state index in [0.717, 1.165) is 5.56 Å². The lowest BCUT2D eigenvalue weighted by atomic mass is 9.84. The maximum Gasteiger partial charge on any atom is 0.415 e. The molecule has 0 spiro atoms. The van der Waals surface area contributed by atoms with Crippen molar-refractivity contribution < 1.29 is 18.0 Å². The molecule has 0 fully saturated rings.